The number of hydrogen-bond donors (Lipinski definition) is 2. The number of rotatable bonds is 37. The van der Waals surface area contributed by atoms with Crippen LogP contribution >= 0.6 is 7.82 Å². The number of unbranched alkanes of at least 4 members (excludes halogenated alkanes) is 16. The van der Waals surface area contributed by atoms with Gasteiger partial charge in [0.15, 0.2) is 6.10 Å². The Balaban J connectivity index is 4.26. The van der Waals surface area contributed by atoms with Gasteiger partial charge in [0.2, 0.25) is 0 Å². The van der Waals surface area contributed by atoms with Crippen molar-refractivity contribution in [1.82, 2.24) is 0 Å². The standard InChI is InChI=1S/C41H74NO8P/c1-3-5-7-9-11-13-15-17-19-21-23-25-27-29-31-33-40(43)47-37-39(38-49-51(45,46)48-36-35-42)50-41(44)34-32-30-28-26-24-22-20-18-16-14-12-10-8-6-4-2/h6,8,12,14,18,20,23,25,39H,3-5,7,9-11,13,15-17,19,21-22,24,26-38,42H2,1-2H3,(H,45,46)/b8-6+,14-12+,20-18+,25-23+/t39-/m1/s1. The lowest BCUT2D eigenvalue weighted by molar-refractivity contribution is -0.161. The molecule has 0 aromatic heterocycles. The second-order valence-corrected chi connectivity index (χ2v) is 14.6. The van der Waals surface area contributed by atoms with E-state index in [1.165, 1.54) is 57.8 Å². The first kappa shape index (κ1) is 49.0. The lowest BCUT2D eigenvalue weighted by Gasteiger charge is -2.19. The Morgan fingerprint density at radius 2 is 1.08 bits per heavy atom. The van der Waals surface area contributed by atoms with Crippen LogP contribution in [0.3, 0.4) is 0 Å². The fraction of sp³-hybridized carbons (Fsp3) is 0.756. The van der Waals surface area contributed by atoms with Crippen LogP contribution < -0.4 is 5.73 Å². The molecule has 3 N–H and O–H groups in total. The minimum absolute atomic E-state index is 0.0464. The van der Waals surface area contributed by atoms with Gasteiger partial charge in [-0.15, -0.1) is 0 Å². The Hall–Kier alpha value is -2.03. The van der Waals surface area contributed by atoms with Crippen LogP contribution in [-0.4, -0.2) is 49.3 Å². The van der Waals surface area contributed by atoms with Gasteiger partial charge in [-0.25, -0.2) is 4.57 Å². The molecule has 0 bridgehead atoms. The highest BCUT2D eigenvalue weighted by molar-refractivity contribution is 7.47. The van der Waals surface area contributed by atoms with Crippen molar-refractivity contribution in [2.24, 2.45) is 5.73 Å². The Bertz CT molecular complexity index is 981. The fourth-order valence-corrected chi connectivity index (χ4v) is 6.00. The number of carbonyl (C=O) groups excluding carboxylic acids is 2. The quantitative estimate of drug-likeness (QED) is 0.0276. The molecule has 296 valence electrons. The van der Waals surface area contributed by atoms with E-state index in [1.54, 1.807) is 0 Å². The minimum atomic E-state index is -4.38. The van der Waals surface area contributed by atoms with Crippen LogP contribution in [0.4, 0.5) is 0 Å². The summed E-state index contributed by atoms with van der Waals surface area (Å²) in [6.45, 7) is 3.56. The SMILES string of the molecule is CC/C=C/C/C=C/C/C=C/CCCCCCCC(=O)O[C@H](COC(=O)CCCC/C=C/CCCCCCCCCCC)COP(=O)(O)OCCN. The van der Waals surface area contributed by atoms with Crippen LogP contribution in [-0.2, 0) is 32.7 Å². The van der Waals surface area contributed by atoms with Crippen LogP contribution in [0.1, 0.15) is 168 Å². The Morgan fingerprint density at radius 3 is 1.67 bits per heavy atom. The third-order valence-electron chi connectivity index (χ3n) is 8.20. The molecule has 0 spiro atoms. The van der Waals surface area contributed by atoms with Crippen molar-refractivity contribution in [3.63, 3.8) is 0 Å². The Morgan fingerprint density at radius 1 is 0.608 bits per heavy atom. The molecule has 0 aromatic rings. The third kappa shape index (κ3) is 37.5. The number of phosphoric ester groups is 1. The Kier molecular flexibility index (Phi) is 36.2. The number of esters is 2. The van der Waals surface area contributed by atoms with Gasteiger partial charge in [0.1, 0.15) is 6.61 Å². The molecule has 51 heavy (non-hydrogen) atoms. The van der Waals surface area contributed by atoms with Crippen molar-refractivity contribution in [2.75, 3.05) is 26.4 Å². The average molecular weight is 740 g/mol. The summed E-state index contributed by atoms with van der Waals surface area (Å²) in [6, 6.07) is 0. The van der Waals surface area contributed by atoms with Crippen LogP contribution in [0.25, 0.3) is 0 Å². The highest BCUT2D eigenvalue weighted by Gasteiger charge is 2.25. The Labute approximate surface area is 311 Å². The summed E-state index contributed by atoms with van der Waals surface area (Å²) in [4.78, 5) is 34.8. The van der Waals surface area contributed by atoms with Crippen molar-refractivity contribution >= 4 is 19.8 Å². The van der Waals surface area contributed by atoms with Crippen LogP contribution in [0, 0.1) is 0 Å². The first-order chi connectivity index (χ1) is 24.8. The summed E-state index contributed by atoms with van der Waals surface area (Å²) < 4.78 is 32.7. The van der Waals surface area contributed by atoms with Gasteiger partial charge in [-0.3, -0.25) is 18.6 Å². The third-order valence-corrected chi connectivity index (χ3v) is 9.18. The number of phosphoric acid groups is 1. The molecular formula is C41H74NO8P. The molecule has 9 nitrogen and oxygen atoms in total. The molecule has 0 saturated heterocycles. The van der Waals surface area contributed by atoms with E-state index in [4.69, 9.17) is 24.3 Å². The van der Waals surface area contributed by atoms with E-state index >= 15 is 0 Å². The zero-order chi connectivity index (χ0) is 37.5. The minimum Gasteiger partial charge on any atom is -0.462 e. The van der Waals surface area contributed by atoms with Crippen LogP contribution in [0.15, 0.2) is 48.6 Å². The monoisotopic (exact) mass is 740 g/mol. The normalized spacial score (nSPS) is 13.9. The fourth-order valence-electron chi connectivity index (χ4n) is 5.23. The summed E-state index contributed by atoms with van der Waals surface area (Å²) in [5, 5.41) is 0. The van der Waals surface area contributed by atoms with E-state index in [0.29, 0.717) is 12.8 Å². The van der Waals surface area contributed by atoms with Crippen LogP contribution in [0.2, 0.25) is 0 Å². The maximum absolute atomic E-state index is 12.5. The van der Waals surface area contributed by atoms with Gasteiger partial charge in [0, 0.05) is 19.4 Å². The lowest BCUT2D eigenvalue weighted by atomic mass is 10.1. The van der Waals surface area contributed by atoms with E-state index in [9.17, 15) is 19.0 Å². The van der Waals surface area contributed by atoms with Gasteiger partial charge in [-0.05, 0) is 70.6 Å². The van der Waals surface area contributed by atoms with E-state index in [-0.39, 0.29) is 32.6 Å². The van der Waals surface area contributed by atoms with Gasteiger partial charge < -0.3 is 20.1 Å². The summed E-state index contributed by atoms with van der Waals surface area (Å²) in [7, 11) is -4.38. The zero-order valence-corrected chi connectivity index (χ0v) is 33.2. The first-order valence-electron chi connectivity index (χ1n) is 20.1. The van der Waals surface area contributed by atoms with Crippen molar-refractivity contribution in [3.8, 4) is 0 Å². The highest BCUT2D eigenvalue weighted by Crippen LogP contribution is 2.43. The molecule has 0 fully saturated rings. The van der Waals surface area contributed by atoms with Crippen molar-refractivity contribution < 1.29 is 37.6 Å². The molecule has 0 saturated carbocycles. The molecule has 0 heterocycles. The molecule has 0 aliphatic heterocycles. The second kappa shape index (κ2) is 37.7. The molecule has 0 aliphatic carbocycles. The highest BCUT2D eigenvalue weighted by atomic mass is 31.2. The summed E-state index contributed by atoms with van der Waals surface area (Å²) in [6.07, 6.45) is 41.4. The van der Waals surface area contributed by atoms with Gasteiger partial charge in [-0.2, -0.15) is 0 Å². The van der Waals surface area contributed by atoms with Gasteiger partial charge >= 0.3 is 19.8 Å². The van der Waals surface area contributed by atoms with E-state index in [0.717, 1.165) is 70.6 Å². The maximum atomic E-state index is 12.5. The summed E-state index contributed by atoms with van der Waals surface area (Å²) in [5.74, 6) is -0.877. The van der Waals surface area contributed by atoms with E-state index < -0.39 is 32.5 Å². The van der Waals surface area contributed by atoms with E-state index in [2.05, 4.69) is 62.5 Å². The van der Waals surface area contributed by atoms with E-state index in [1.807, 2.05) is 0 Å². The predicted molar refractivity (Wildman–Crippen MR) is 210 cm³/mol. The lowest BCUT2D eigenvalue weighted by Crippen LogP contribution is -2.29. The molecular weight excluding hydrogens is 665 g/mol. The molecule has 0 aromatic carbocycles. The van der Waals surface area contributed by atoms with Gasteiger partial charge in [-0.1, -0.05) is 133 Å². The molecule has 0 rings (SSSR count). The van der Waals surface area contributed by atoms with Gasteiger partial charge in [0.25, 0.3) is 0 Å². The molecule has 2 atom stereocenters. The van der Waals surface area contributed by atoms with Crippen LogP contribution in [0.5, 0.6) is 0 Å². The predicted octanol–water partition coefficient (Wildman–Crippen LogP) is 11.2. The topological polar surface area (TPSA) is 134 Å². The largest absolute Gasteiger partial charge is 0.472 e. The molecule has 1 unspecified atom stereocenters. The molecule has 0 amide bonds. The van der Waals surface area contributed by atoms with Crippen molar-refractivity contribution in [3.05, 3.63) is 48.6 Å². The molecule has 0 radical (unpaired) electrons. The van der Waals surface area contributed by atoms with Crippen molar-refractivity contribution in [2.45, 2.75) is 174 Å². The summed E-state index contributed by atoms with van der Waals surface area (Å²) in [5.41, 5.74) is 5.33. The maximum Gasteiger partial charge on any atom is 0.472 e. The first-order valence-corrected chi connectivity index (χ1v) is 21.6. The average Bonchev–Trinajstić information content (AvgIpc) is 3.11. The number of nitrogens with two attached hydrogens (primary N) is 1. The number of allylic oxidation sites excluding steroid dienone is 8. The van der Waals surface area contributed by atoms with Crippen molar-refractivity contribution in [1.29, 1.82) is 0 Å². The van der Waals surface area contributed by atoms with Gasteiger partial charge in [0.05, 0.1) is 13.2 Å². The second-order valence-electron chi connectivity index (χ2n) is 13.1. The number of ether oxygens (including phenoxy) is 2. The molecule has 10 heteroatoms. The number of carbonyl (C=O) groups is 2. The smallest absolute Gasteiger partial charge is 0.462 e. The number of hydrogen-bond acceptors (Lipinski definition) is 8. The zero-order valence-electron chi connectivity index (χ0n) is 32.3. The summed E-state index contributed by atoms with van der Waals surface area (Å²) >= 11 is 0. The molecule has 0 aliphatic rings.